The van der Waals surface area contributed by atoms with E-state index in [9.17, 15) is 4.79 Å². The molecule has 96 valence electrons. The highest BCUT2D eigenvalue weighted by Crippen LogP contribution is 2.17. The molecule has 7 heteroatoms. The van der Waals surface area contributed by atoms with Crippen molar-refractivity contribution in [3.63, 3.8) is 0 Å². The van der Waals surface area contributed by atoms with Crippen LogP contribution in [0.2, 0.25) is 0 Å². The minimum absolute atomic E-state index is 0.0949. The third kappa shape index (κ3) is 3.44. The maximum Gasteiger partial charge on any atom is 0.232 e. The molecule has 1 rings (SSSR count). The highest BCUT2D eigenvalue weighted by Gasteiger charge is 2.13. The van der Waals surface area contributed by atoms with E-state index in [1.54, 1.807) is 11.9 Å². The SMILES string of the molecule is CCN(C)C(=O)CSc1nnc(CN)n1CC. The van der Waals surface area contributed by atoms with Crippen LogP contribution in [0.3, 0.4) is 0 Å². The van der Waals surface area contributed by atoms with Gasteiger partial charge in [-0.3, -0.25) is 4.79 Å². The van der Waals surface area contributed by atoms with Crippen molar-refractivity contribution in [3.05, 3.63) is 5.82 Å². The first-order chi connectivity index (χ1) is 8.13. The van der Waals surface area contributed by atoms with Gasteiger partial charge in [-0.25, -0.2) is 0 Å². The quantitative estimate of drug-likeness (QED) is 0.743. The summed E-state index contributed by atoms with van der Waals surface area (Å²) in [5.41, 5.74) is 5.56. The molecule has 2 N–H and O–H groups in total. The Kier molecular flexibility index (Phi) is 5.43. The van der Waals surface area contributed by atoms with Crippen LogP contribution in [-0.4, -0.2) is 44.9 Å². The summed E-state index contributed by atoms with van der Waals surface area (Å²) in [5.74, 6) is 1.23. The molecule has 1 aromatic heterocycles. The minimum atomic E-state index is 0.0949. The Bertz CT molecular complexity index is 379. The average Bonchev–Trinajstić information content (AvgIpc) is 2.76. The predicted molar refractivity (Wildman–Crippen MR) is 67.6 cm³/mol. The lowest BCUT2D eigenvalue weighted by Gasteiger charge is -2.13. The van der Waals surface area contributed by atoms with E-state index < -0.39 is 0 Å². The number of thioether (sulfide) groups is 1. The lowest BCUT2D eigenvalue weighted by Crippen LogP contribution is -2.27. The Hall–Kier alpha value is -1.08. The first-order valence-corrected chi connectivity index (χ1v) is 6.61. The summed E-state index contributed by atoms with van der Waals surface area (Å²) < 4.78 is 1.93. The van der Waals surface area contributed by atoms with Gasteiger partial charge < -0.3 is 15.2 Å². The van der Waals surface area contributed by atoms with Crippen LogP contribution in [0.15, 0.2) is 5.16 Å². The summed E-state index contributed by atoms with van der Waals surface area (Å²) in [4.78, 5) is 13.3. The number of nitrogens with zero attached hydrogens (tertiary/aromatic N) is 4. The fourth-order valence-electron chi connectivity index (χ4n) is 1.31. The van der Waals surface area contributed by atoms with Crippen molar-refractivity contribution in [2.45, 2.75) is 32.1 Å². The number of carbonyl (C=O) groups is 1. The van der Waals surface area contributed by atoms with Crippen LogP contribution in [0.1, 0.15) is 19.7 Å². The molecule has 0 saturated carbocycles. The summed E-state index contributed by atoms with van der Waals surface area (Å²) >= 11 is 1.40. The molecule has 0 aromatic carbocycles. The van der Waals surface area contributed by atoms with Gasteiger partial charge in [-0.1, -0.05) is 11.8 Å². The fourth-order valence-corrected chi connectivity index (χ4v) is 2.27. The average molecular weight is 257 g/mol. The third-order valence-corrected chi connectivity index (χ3v) is 3.47. The molecule has 0 atom stereocenters. The molecule has 0 aliphatic rings. The molecule has 0 spiro atoms. The molecular formula is C10H19N5OS. The maximum atomic E-state index is 11.6. The van der Waals surface area contributed by atoms with Crippen LogP contribution in [0.4, 0.5) is 0 Å². The van der Waals surface area contributed by atoms with Gasteiger partial charge in [0.25, 0.3) is 0 Å². The number of hydrogen-bond acceptors (Lipinski definition) is 5. The molecule has 0 unspecified atom stereocenters. The van der Waals surface area contributed by atoms with E-state index in [-0.39, 0.29) is 5.91 Å². The first kappa shape index (κ1) is 14.0. The van der Waals surface area contributed by atoms with Gasteiger partial charge in [0.2, 0.25) is 5.91 Å². The standard InChI is InChI=1S/C10H19N5OS/c1-4-14(3)9(16)7-17-10-13-12-8(6-11)15(10)5-2/h4-7,11H2,1-3H3. The number of aromatic nitrogens is 3. The van der Waals surface area contributed by atoms with Crippen molar-refractivity contribution in [1.82, 2.24) is 19.7 Å². The highest BCUT2D eigenvalue weighted by molar-refractivity contribution is 7.99. The van der Waals surface area contributed by atoms with Crippen molar-refractivity contribution in [2.75, 3.05) is 19.3 Å². The van der Waals surface area contributed by atoms with E-state index in [2.05, 4.69) is 10.2 Å². The summed E-state index contributed by atoms with van der Waals surface area (Å²) in [6.07, 6.45) is 0. The number of amides is 1. The summed E-state index contributed by atoms with van der Waals surface area (Å²) in [6, 6.07) is 0. The molecular weight excluding hydrogens is 238 g/mol. The van der Waals surface area contributed by atoms with Gasteiger partial charge in [-0.2, -0.15) is 0 Å². The summed E-state index contributed by atoms with van der Waals surface area (Å²) in [5, 5.41) is 8.79. The molecule has 17 heavy (non-hydrogen) atoms. The van der Waals surface area contributed by atoms with Crippen LogP contribution in [0, 0.1) is 0 Å². The van der Waals surface area contributed by atoms with E-state index in [0.717, 1.165) is 17.5 Å². The Labute approximate surface area is 106 Å². The molecule has 6 nitrogen and oxygen atoms in total. The van der Waals surface area contributed by atoms with Crippen molar-refractivity contribution in [3.8, 4) is 0 Å². The van der Waals surface area contributed by atoms with E-state index in [1.807, 2.05) is 18.4 Å². The smallest absolute Gasteiger partial charge is 0.232 e. The van der Waals surface area contributed by atoms with Gasteiger partial charge in [0.1, 0.15) is 5.82 Å². The highest BCUT2D eigenvalue weighted by atomic mass is 32.2. The topological polar surface area (TPSA) is 77.0 Å². The van der Waals surface area contributed by atoms with Crippen molar-refractivity contribution >= 4 is 17.7 Å². The summed E-state index contributed by atoms with van der Waals surface area (Å²) in [6.45, 7) is 5.80. The third-order valence-electron chi connectivity index (χ3n) is 2.52. The number of hydrogen-bond donors (Lipinski definition) is 1. The van der Waals surface area contributed by atoms with E-state index in [1.165, 1.54) is 11.8 Å². The van der Waals surface area contributed by atoms with Gasteiger partial charge in [0.05, 0.1) is 12.3 Å². The second-order valence-electron chi connectivity index (χ2n) is 3.54. The van der Waals surface area contributed by atoms with E-state index in [0.29, 0.717) is 18.8 Å². The number of nitrogens with two attached hydrogens (primary N) is 1. The van der Waals surface area contributed by atoms with Crippen molar-refractivity contribution < 1.29 is 4.79 Å². The van der Waals surface area contributed by atoms with Crippen LogP contribution < -0.4 is 5.73 Å². The zero-order valence-electron chi connectivity index (χ0n) is 10.5. The molecule has 0 bridgehead atoms. The molecule has 0 radical (unpaired) electrons. The molecule has 0 aliphatic carbocycles. The van der Waals surface area contributed by atoms with Gasteiger partial charge in [-0.05, 0) is 13.8 Å². The molecule has 0 aliphatic heterocycles. The lowest BCUT2D eigenvalue weighted by molar-refractivity contribution is -0.126. The number of rotatable bonds is 6. The van der Waals surface area contributed by atoms with E-state index in [4.69, 9.17) is 5.73 Å². The Morgan fingerprint density at radius 3 is 2.71 bits per heavy atom. The molecule has 0 fully saturated rings. The molecule has 1 amide bonds. The van der Waals surface area contributed by atoms with Crippen LogP contribution in [0.25, 0.3) is 0 Å². The fraction of sp³-hybridized carbons (Fsp3) is 0.700. The Morgan fingerprint density at radius 1 is 1.47 bits per heavy atom. The minimum Gasteiger partial charge on any atom is -0.345 e. The zero-order valence-corrected chi connectivity index (χ0v) is 11.3. The van der Waals surface area contributed by atoms with Gasteiger partial charge >= 0.3 is 0 Å². The normalized spacial score (nSPS) is 10.6. The van der Waals surface area contributed by atoms with Crippen LogP contribution in [-0.2, 0) is 17.9 Å². The second-order valence-corrected chi connectivity index (χ2v) is 4.49. The van der Waals surface area contributed by atoms with Gasteiger partial charge in [-0.15, -0.1) is 10.2 Å². The monoisotopic (exact) mass is 257 g/mol. The molecule has 0 saturated heterocycles. The molecule has 1 heterocycles. The van der Waals surface area contributed by atoms with Crippen LogP contribution in [0.5, 0.6) is 0 Å². The largest absolute Gasteiger partial charge is 0.345 e. The summed E-state index contributed by atoms with van der Waals surface area (Å²) in [7, 11) is 1.79. The Morgan fingerprint density at radius 2 is 2.18 bits per heavy atom. The first-order valence-electron chi connectivity index (χ1n) is 5.62. The predicted octanol–water partition coefficient (Wildman–Crippen LogP) is 0.327. The zero-order chi connectivity index (χ0) is 12.8. The van der Waals surface area contributed by atoms with Gasteiger partial charge in [0, 0.05) is 20.1 Å². The lowest BCUT2D eigenvalue weighted by atomic mass is 10.5. The Balaban J connectivity index is 2.63. The molecule has 1 aromatic rings. The second kappa shape index (κ2) is 6.61. The maximum absolute atomic E-state index is 11.6. The van der Waals surface area contributed by atoms with Gasteiger partial charge in [0.15, 0.2) is 5.16 Å². The van der Waals surface area contributed by atoms with E-state index >= 15 is 0 Å². The van der Waals surface area contributed by atoms with Crippen LogP contribution >= 0.6 is 11.8 Å². The van der Waals surface area contributed by atoms with Crippen molar-refractivity contribution in [2.24, 2.45) is 5.73 Å². The number of carbonyl (C=O) groups excluding carboxylic acids is 1. The van der Waals surface area contributed by atoms with Crippen molar-refractivity contribution in [1.29, 1.82) is 0 Å².